The first kappa shape index (κ1) is 25.0. The van der Waals surface area contributed by atoms with Crippen LogP contribution in [0.2, 0.25) is 0 Å². The number of amides is 2. The largest absolute Gasteiger partial charge is 0.573 e. The SMILES string of the molecule is CC(=O)N[C@H]1CCOC2(CCN(C(=O)c3cccc(-c4ccc(OC(F)(F)F)cc4)c3C)CC2)C1. The van der Waals surface area contributed by atoms with Gasteiger partial charge >= 0.3 is 6.36 Å². The van der Waals surface area contributed by atoms with Gasteiger partial charge in [0.2, 0.25) is 5.91 Å². The maximum absolute atomic E-state index is 13.4. The van der Waals surface area contributed by atoms with Crippen LogP contribution in [-0.4, -0.2) is 54.4 Å². The summed E-state index contributed by atoms with van der Waals surface area (Å²) in [5.41, 5.74) is 2.48. The molecular formula is C26H29F3N2O4. The number of benzene rings is 2. The van der Waals surface area contributed by atoms with Crippen LogP contribution in [-0.2, 0) is 9.53 Å². The molecule has 2 heterocycles. The average Bonchev–Trinajstić information content (AvgIpc) is 2.79. The van der Waals surface area contributed by atoms with Crippen molar-refractivity contribution in [2.45, 2.75) is 57.5 Å². The number of hydrogen-bond acceptors (Lipinski definition) is 4. The highest BCUT2D eigenvalue weighted by Crippen LogP contribution is 2.36. The van der Waals surface area contributed by atoms with E-state index in [0.29, 0.717) is 43.7 Å². The third-order valence-electron chi connectivity index (χ3n) is 6.83. The van der Waals surface area contributed by atoms with E-state index < -0.39 is 6.36 Å². The van der Waals surface area contributed by atoms with Gasteiger partial charge in [-0.1, -0.05) is 24.3 Å². The Hall–Kier alpha value is -3.07. The second kappa shape index (κ2) is 9.89. The Morgan fingerprint density at radius 1 is 1.11 bits per heavy atom. The lowest BCUT2D eigenvalue weighted by molar-refractivity contribution is -0.274. The van der Waals surface area contributed by atoms with E-state index in [1.807, 2.05) is 17.9 Å². The summed E-state index contributed by atoms with van der Waals surface area (Å²) in [5.74, 6) is -0.415. The Morgan fingerprint density at radius 2 is 1.80 bits per heavy atom. The van der Waals surface area contributed by atoms with E-state index in [-0.39, 0.29) is 29.2 Å². The summed E-state index contributed by atoms with van der Waals surface area (Å²) in [4.78, 5) is 26.7. The van der Waals surface area contributed by atoms with Gasteiger partial charge in [0.25, 0.3) is 5.91 Å². The van der Waals surface area contributed by atoms with Gasteiger partial charge in [0.1, 0.15) is 5.75 Å². The van der Waals surface area contributed by atoms with Gasteiger partial charge < -0.3 is 19.7 Å². The molecule has 6 nitrogen and oxygen atoms in total. The van der Waals surface area contributed by atoms with Crippen molar-refractivity contribution in [1.82, 2.24) is 10.2 Å². The molecule has 0 bridgehead atoms. The lowest BCUT2D eigenvalue weighted by Crippen LogP contribution is -2.54. The Labute approximate surface area is 202 Å². The van der Waals surface area contributed by atoms with E-state index in [1.165, 1.54) is 19.1 Å². The summed E-state index contributed by atoms with van der Waals surface area (Å²) >= 11 is 0. The fourth-order valence-corrected chi connectivity index (χ4v) is 5.09. The lowest BCUT2D eigenvalue weighted by atomic mass is 9.82. The standard InChI is InChI=1S/C26H29F3N2O4/c1-17-22(19-6-8-21(9-7-19)35-26(27,28)29)4-3-5-23(17)24(33)31-13-11-25(12-14-31)16-20(10-15-34-25)30-18(2)32/h3-9,20H,10-16H2,1-2H3,(H,30,32)/t20-/m0/s1. The summed E-state index contributed by atoms with van der Waals surface area (Å²) in [6.45, 7) is 5.06. The van der Waals surface area contributed by atoms with Gasteiger partial charge in [-0.25, -0.2) is 0 Å². The van der Waals surface area contributed by atoms with Gasteiger partial charge in [0.15, 0.2) is 0 Å². The topological polar surface area (TPSA) is 67.9 Å². The molecule has 1 N–H and O–H groups in total. The number of carbonyl (C=O) groups excluding carboxylic acids is 2. The van der Waals surface area contributed by atoms with Crippen LogP contribution in [0.25, 0.3) is 11.1 Å². The molecule has 1 atom stereocenters. The fourth-order valence-electron chi connectivity index (χ4n) is 5.09. The van der Waals surface area contributed by atoms with Crippen LogP contribution in [0, 0.1) is 6.92 Å². The van der Waals surface area contributed by atoms with Crippen molar-refractivity contribution in [3.8, 4) is 16.9 Å². The zero-order chi connectivity index (χ0) is 25.2. The first-order valence-corrected chi connectivity index (χ1v) is 11.7. The third-order valence-corrected chi connectivity index (χ3v) is 6.83. The number of piperidine rings is 1. The van der Waals surface area contributed by atoms with E-state index in [2.05, 4.69) is 10.1 Å². The number of nitrogens with one attached hydrogen (secondary N) is 1. The number of carbonyl (C=O) groups is 2. The minimum absolute atomic E-state index is 0.0439. The number of likely N-dealkylation sites (tertiary alicyclic amines) is 1. The van der Waals surface area contributed by atoms with E-state index in [9.17, 15) is 22.8 Å². The molecule has 4 rings (SSSR count). The molecule has 2 aliphatic rings. The highest BCUT2D eigenvalue weighted by molar-refractivity contribution is 5.97. The smallest absolute Gasteiger partial charge is 0.406 e. The Kier molecular flexibility index (Phi) is 7.07. The minimum Gasteiger partial charge on any atom is -0.406 e. The second-order valence-electron chi connectivity index (χ2n) is 9.26. The van der Waals surface area contributed by atoms with Crippen molar-refractivity contribution in [3.63, 3.8) is 0 Å². The molecule has 2 aliphatic heterocycles. The molecule has 2 fully saturated rings. The predicted molar refractivity (Wildman–Crippen MR) is 124 cm³/mol. The maximum Gasteiger partial charge on any atom is 0.573 e. The molecule has 2 saturated heterocycles. The van der Waals surface area contributed by atoms with Gasteiger partial charge in [0.05, 0.1) is 5.60 Å². The van der Waals surface area contributed by atoms with Crippen LogP contribution >= 0.6 is 0 Å². The molecule has 2 amide bonds. The second-order valence-corrected chi connectivity index (χ2v) is 9.26. The number of alkyl halides is 3. The Bertz CT molecular complexity index is 1080. The zero-order valence-corrected chi connectivity index (χ0v) is 19.8. The molecule has 188 valence electrons. The Balaban J connectivity index is 1.45. The van der Waals surface area contributed by atoms with Gasteiger partial charge in [-0.2, -0.15) is 0 Å². The summed E-state index contributed by atoms with van der Waals surface area (Å²) < 4.78 is 47.4. The average molecular weight is 491 g/mol. The van der Waals surface area contributed by atoms with Crippen LogP contribution in [0.15, 0.2) is 42.5 Å². The normalized spacial score (nSPS) is 19.9. The van der Waals surface area contributed by atoms with Crippen molar-refractivity contribution in [2.24, 2.45) is 0 Å². The molecule has 35 heavy (non-hydrogen) atoms. The molecule has 2 aromatic rings. The van der Waals surface area contributed by atoms with Crippen molar-refractivity contribution < 1.29 is 32.2 Å². The molecule has 9 heteroatoms. The highest BCUT2D eigenvalue weighted by Gasteiger charge is 2.41. The van der Waals surface area contributed by atoms with Crippen LogP contribution in [0.1, 0.15) is 48.5 Å². The first-order chi connectivity index (χ1) is 16.6. The van der Waals surface area contributed by atoms with Crippen LogP contribution in [0.4, 0.5) is 13.2 Å². The minimum atomic E-state index is -4.75. The van der Waals surface area contributed by atoms with Crippen molar-refractivity contribution in [3.05, 3.63) is 53.6 Å². The molecular weight excluding hydrogens is 461 g/mol. The molecule has 0 unspecified atom stereocenters. The number of hydrogen-bond donors (Lipinski definition) is 1. The van der Waals surface area contributed by atoms with E-state index in [1.54, 1.807) is 24.3 Å². The van der Waals surface area contributed by atoms with Crippen LogP contribution in [0.5, 0.6) is 5.75 Å². The third kappa shape index (κ3) is 5.96. The summed E-state index contributed by atoms with van der Waals surface area (Å²) in [6, 6.07) is 11.1. The van der Waals surface area contributed by atoms with E-state index >= 15 is 0 Å². The van der Waals surface area contributed by atoms with Gasteiger partial charge in [-0.15, -0.1) is 13.2 Å². The number of nitrogens with zero attached hydrogens (tertiary/aromatic N) is 1. The van der Waals surface area contributed by atoms with Crippen molar-refractivity contribution in [2.75, 3.05) is 19.7 Å². The molecule has 2 aromatic carbocycles. The van der Waals surface area contributed by atoms with Crippen LogP contribution in [0.3, 0.4) is 0 Å². The number of ether oxygens (including phenoxy) is 2. The van der Waals surface area contributed by atoms with Crippen LogP contribution < -0.4 is 10.1 Å². The molecule has 1 spiro atoms. The van der Waals surface area contributed by atoms with Gasteiger partial charge in [0, 0.05) is 38.2 Å². The summed E-state index contributed by atoms with van der Waals surface area (Å²) in [5, 5.41) is 2.99. The zero-order valence-electron chi connectivity index (χ0n) is 19.8. The molecule has 0 saturated carbocycles. The summed E-state index contributed by atoms with van der Waals surface area (Å²) in [6.07, 6.45) is -1.80. The molecule has 0 aromatic heterocycles. The number of rotatable bonds is 4. The highest BCUT2D eigenvalue weighted by atomic mass is 19.4. The lowest BCUT2D eigenvalue weighted by Gasteiger charge is -2.46. The van der Waals surface area contributed by atoms with E-state index in [0.717, 1.165) is 24.0 Å². The summed E-state index contributed by atoms with van der Waals surface area (Å²) in [7, 11) is 0. The molecule has 0 radical (unpaired) electrons. The van der Waals surface area contributed by atoms with E-state index in [4.69, 9.17) is 4.74 Å². The van der Waals surface area contributed by atoms with Crippen molar-refractivity contribution >= 4 is 11.8 Å². The first-order valence-electron chi connectivity index (χ1n) is 11.7. The number of halogens is 3. The monoisotopic (exact) mass is 490 g/mol. The maximum atomic E-state index is 13.4. The fraction of sp³-hybridized carbons (Fsp3) is 0.462. The van der Waals surface area contributed by atoms with Gasteiger partial charge in [-0.05, 0) is 67.5 Å². The quantitative estimate of drug-likeness (QED) is 0.666. The predicted octanol–water partition coefficient (Wildman–Crippen LogP) is 4.85. The molecule has 0 aliphatic carbocycles. The van der Waals surface area contributed by atoms with Gasteiger partial charge in [-0.3, -0.25) is 9.59 Å². The Morgan fingerprint density at radius 3 is 2.43 bits per heavy atom. The van der Waals surface area contributed by atoms with Crippen molar-refractivity contribution in [1.29, 1.82) is 0 Å².